The summed E-state index contributed by atoms with van der Waals surface area (Å²) in [7, 11) is 0. The maximum Gasteiger partial charge on any atom is 0.336 e. The Morgan fingerprint density at radius 1 is 1.20 bits per heavy atom. The molecule has 1 aliphatic heterocycles. The Morgan fingerprint density at radius 3 is 2.57 bits per heavy atom. The normalized spacial score (nSPS) is 23.2. The maximum absolute atomic E-state index is 13.4. The molecule has 0 spiro atoms. The summed E-state index contributed by atoms with van der Waals surface area (Å²) >= 11 is 0. The lowest BCUT2D eigenvalue weighted by molar-refractivity contribution is -0.143. The van der Waals surface area contributed by atoms with E-state index in [1.807, 2.05) is 45.0 Å². The quantitative estimate of drug-likeness (QED) is 0.600. The van der Waals surface area contributed by atoms with Crippen molar-refractivity contribution in [1.29, 1.82) is 0 Å². The van der Waals surface area contributed by atoms with Crippen molar-refractivity contribution in [2.24, 2.45) is 16.3 Å². The monoisotopic (exact) mass is 411 g/mol. The van der Waals surface area contributed by atoms with Gasteiger partial charge in [-0.25, -0.2) is 4.79 Å². The van der Waals surface area contributed by atoms with Gasteiger partial charge in [-0.05, 0) is 45.1 Å². The number of hydrogen-bond donors (Lipinski definition) is 0. The summed E-state index contributed by atoms with van der Waals surface area (Å²) in [5, 5.41) is 0. The van der Waals surface area contributed by atoms with Gasteiger partial charge < -0.3 is 9.47 Å². The Balaban J connectivity index is 2.17. The number of benzene rings is 1. The molecule has 1 heterocycles. The van der Waals surface area contributed by atoms with Gasteiger partial charge in [-0.1, -0.05) is 39.0 Å². The third-order valence-electron chi connectivity index (χ3n) is 5.64. The average molecular weight is 412 g/mol. The number of esters is 1. The fraction of sp³-hybridized carbons (Fsp3) is 0.560. The van der Waals surface area contributed by atoms with Crippen LogP contribution < -0.4 is 4.74 Å². The third kappa shape index (κ3) is 4.50. The number of ether oxygens (including phenoxy) is 2. The molecule has 1 aromatic rings. The van der Waals surface area contributed by atoms with Crippen molar-refractivity contribution >= 4 is 17.5 Å². The molecule has 1 fully saturated rings. The van der Waals surface area contributed by atoms with E-state index < -0.39 is 17.8 Å². The summed E-state index contributed by atoms with van der Waals surface area (Å²) in [6.07, 6.45) is 1.83. The predicted octanol–water partition coefficient (Wildman–Crippen LogP) is 5.24. The second-order valence-electron chi connectivity index (χ2n) is 9.38. The zero-order valence-electron chi connectivity index (χ0n) is 19.0. The van der Waals surface area contributed by atoms with Crippen LogP contribution in [0.25, 0.3) is 0 Å². The minimum atomic E-state index is -0.456. The zero-order valence-corrected chi connectivity index (χ0v) is 19.0. The number of carbonyl (C=O) groups is 2. The molecule has 0 amide bonds. The minimum Gasteiger partial charge on any atom is -0.493 e. The standard InChI is InChI=1S/C25H33NO4/c1-7-12-29-20-11-9-8-10-17(20)22-21(24(28)30-15(2)3)16(4)26-18-13-25(5,6)14-19(27)23(18)22/h8-11,15,22-23H,7,12-14H2,1-6H3/t22-,23?/m0/s1. The smallest absolute Gasteiger partial charge is 0.336 e. The summed E-state index contributed by atoms with van der Waals surface area (Å²) in [5.74, 6) is -0.463. The van der Waals surface area contributed by atoms with E-state index in [0.29, 0.717) is 30.0 Å². The highest BCUT2D eigenvalue weighted by Gasteiger charge is 2.48. The van der Waals surface area contributed by atoms with E-state index in [4.69, 9.17) is 14.5 Å². The Bertz CT molecular complexity index is 894. The number of ketones is 1. The van der Waals surface area contributed by atoms with E-state index in [2.05, 4.69) is 20.8 Å². The molecular weight excluding hydrogens is 378 g/mol. The van der Waals surface area contributed by atoms with E-state index >= 15 is 0 Å². The molecule has 0 bridgehead atoms. The van der Waals surface area contributed by atoms with Crippen LogP contribution in [0, 0.1) is 11.3 Å². The average Bonchev–Trinajstić information content (AvgIpc) is 2.63. The number of allylic oxidation sites excluding steroid dienone is 1. The fourth-order valence-electron chi connectivity index (χ4n) is 4.55. The summed E-state index contributed by atoms with van der Waals surface area (Å²) < 4.78 is 11.6. The highest BCUT2D eigenvalue weighted by Crippen LogP contribution is 2.48. The van der Waals surface area contributed by atoms with Gasteiger partial charge in [0.2, 0.25) is 0 Å². The topological polar surface area (TPSA) is 65.0 Å². The zero-order chi connectivity index (χ0) is 22.1. The van der Waals surface area contributed by atoms with E-state index in [-0.39, 0.29) is 17.3 Å². The van der Waals surface area contributed by atoms with Gasteiger partial charge in [0.25, 0.3) is 0 Å². The first-order valence-corrected chi connectivity index (χ1v) is 10.9. The molecule has 162 valence electrons. The number of Topliss-reactive ketones (excluding diaryl/α,β-unsaturated/α-hetero) is 1. The Hall–Kier alpha value is -2.43. The summed E-state index contributed by atoms with van der Waals surface area (Å²) in [4.78, 5) is 31.3. The first kappa shape index (κ1) is 22.3. The molecule has 2 atom stereocenters. The lowest BCUT2D eigenvalue weighted by atomic mass is 9.63. The van der Waals surface area contributed by atoms with Gasteiger partial charge in [-0.3, -0.25) is 9.79 Å². The van der Waals surface area contributed by atoms with Crippen molar-refractivity contribution in [1.82, 2.24) is 0 Å². The minimum absolute atomic E-state index is 0.127. The first-order chi connectivity index (χ1) is 14.1. The van der Waals surface area contributed by atoms with Crippen molar-refractivity contribution in [2.75, 3.05) is 6.61 Å². The van der Waals surface area contributed by atoms with Crippen molar-refractivity contribution in [2.45, 2.75) is 72.8 Å². The molecule has 0 radical (unpaired) electrons. The largest absolute Gasteiger partial charge is 0.493 e. The molecule has 5 nitrogen and oxygen atoms in total. The number of fused-ring (bicyclic) bond motifs is 1. The molecule has 30 heavy (non-hydrogen) atoms. The van der Waals surface area contributed by atoms with Gasteiger partial charge in [-0.2, -0.15) is 0 Å². The molecule has 1 aliphatic carbocycles. The Labute approximate surface area is 179 Å². The fourth-order valence-corrected chi connectivity index (χ4v) is 4.55. The molecule has 2 aliphatic rings. The number of rotatable bonds is 6. The molecule has 3 rings (SSSR count). The molecule has 1 aromatic carbocycles. The molecule has 0 aromatic heterocycles. The predicted molar refractivity (Wildman–Crippen MR) is 118 cm³/mol. The van der Waals surface area contributed by atoms with Crippen LogP contribution in [-0.2, 0) is 14.3 Å². The molecular formula is C25H33NO4. The number of para-hydroxylation sites is 1. The molecule has 0 N–H and O–H groups in total. The van der Waals surface area contributed by atoms with Crippen LogP contribution in [0.5, 0.6) is 5.75 Å². The Kier molecular flexibility index (Phi) is 6.49. The van der Waals surface area contributed by atoms with Gasteiger partial charge in [0.15, 0.2) is 0 Å². The van der Waals surface area contributed by atoms with Crippen LogP contribution in [0.2, 0.25) is 0 Å². The SMILES string of the molecule is CCCOc1ccccc1[C@H]1C(C(=O)OC(C)C)=C(C)N=C2CC(C)(C)CC(=O)C21. The van der Waals surface area contributed by atoms with Crippen molar-refractivity contribution < 1.29 is 19.1 Å². The van der Waals surface area contributed by atoms with Crippen LogP contribution in [0.1, 0.15) is 72.3 Å². The highest BCUT2D eigenvalue weighted by atomic mass is 16.5. The number of aliphatic imine (C=N–C) groups is 1. The lowest BCUT2D eigenvalue weighted by Crippen LogP contribution is -2.44. The summed E-state index contributed by atoms with van der Waals surface area (Å²) in [5.41, 5.74) is 2.69. The van der Waals surface area contributed by atoms with Gasteiger partial charge in [0.05, 0.1) is 24.2 Å². The van der Waals surface area contributed by atoms with Crippen LogP contribution in [0.15, 0.2) is 40.5 Å². The number of carbonyl (C=O) groups excluding carboxylic acids is 2. The van der Waals surface area contributed by atoms with Crippen LogP contribution >= 0.6 is 0 Å². The Morgan fingerprint density at radius 2 is 1.90 bits per heavy atom. The molecule has 0 saturated heterocycles. The molecule has 5 heteroatoms. The third-order valence-corrected chi connectivity index (χ3v) is 5.64. The van der Waals surface area contributed by atoms with Crippen LogP contribution in [-0.4, -0.2) is 30.2 Å². The second kappa shape index (κ2) is 8.75. The lowest BCUT2D eigenvalue weighted by Gasteiger charge is -2.41. The van der Waals surface area contributed by atoms with E-state index in [1.54, 1.807) is 0 Å². The van der Waals surface area contributed by atoms with Crippen molar-refractivity contribution in [3.8, 4) is 5.75 Å². The first-order valence-electron chi connectivity index (χ1n) is 10.9. The number of hydrogen-bond acceptors (Lipinski definition) is 5. The summed E-state index contributed by atoms with van der Waals surface area (Å²) in [6, 6.07) is 7.72. The van der Waals surface area contributed by atoms with Crippen LogP contribution in [0.3, 0.4) is 0 Å². The van der Waals surface area contributed by atoms with Gasteiger partial charge in [0, 0.05) is 29.3 Å². The molecule has 1 saturated carbocycles. The maximum atomic E-state index is 13.4. The van der Waals surface area contributed by atoms with Crippen molar-refractivity contribution in [3.63, 3.8) is 0 Å². The van der Waals surface area contributed by atoms with Crippen LogP contribution in [0.4, 0.5) is 0 Å². The van der Waals surface area contributed by atoms with Gasteiger partial charge in [0.1, 0.15) is 11.5 Å². The van der Waals surface area contributed by atoms with Gasteiger partial charge >= 0.3 is 5.97 Å². The number of nitrogens with zero attached hydrogens (tertiary/aromatic N) is 1. The van der Waals surface area contributed by atoms with E-state index in [0.717, 1.165) is 24.1 Å². The highest BCUT2D eigenvalue weighted by molar-refractivity contribution is 6.12. The van der Waals surface area contributed by atoms with E-state index in [1.165, 1.54) is 0 Å². The van der Waals surface area contributed by atoms with E-state index in [9.17, 15) is 9.59 Å². The summed E-state index contributed by atoms with van der Waals surface area (Å²) in [6.45, 7) is 12.3. The van der Waals surface area contributed by atoms with Crippen molar-refractivity contribution in [3.05, 3.63) is 41.1 Å². The van der Waals surface area contributed by atoms with Gasteiger partial charge in [-0.15, -0.1) is 0 Å². The molecule has 1 unspecified atom stereocenters. The second-order valence-corrected chi connectivity index (χ2v) is 9.38.